The van der Waals surface area contributed by atoms with Crippen molar-refractivity contribution >= 4 is 0 Å². The van der Waals surface area contributed by atoms with Gasteiger partial charge >= 0.3 is 0 Å². The van der Waals surface area contributed by atoms with Gasteiger partial charge in [-0.05, 0) is 48.9 Å². The molecule has 2 nitrogen and oxygen atoms in total. The summed E-state index contributed by atoms with van der Waals surface area (Å²) in [7, 11) is 0. The molecule has 3 aliphatic rings. The molecular weight excluding hydrogens is 412 g/mol. The van der Waals surface area contributed by atoms with Gasteiger partial charge in [0.1, 0.15) is 0 Å². The van der Waals surface area contributed by atoms with Crippen LogP contribution in [0, 0.1) is 11.8 Å². The highest BCUT2D eigenvalue weighted by Crippen LogP contribution is 2.34. The SMILES string of the molecule is CCN(Cc1ccccc1)Cc1ccccc1.CCN1CC2=CC=CC(C2)C2C=CC=C(C2)C1. The number of fused-ring (bicyclic) bond motifs is 5. The lowest BCUT2D eigenvalue weighted by atomic mass is 9.79. The summed E-state index contributed by atoms with van der Waals surface area (Å²) in [4.78, 5) is 5.01. The highest BCUT2D eigenvalue weighted by atomic mass is 15.1. The van der Waals surface area contributed by atoms with E-state index in [1.807, 2.05) is 0 Å². The lowest BCUT2D eigenvalue weighted by Crippen LogP contribution is -2.27. The highest BCUT2D eigenvalue weighted by molar-refractivity contribution is 5.29. The Morgan fingerprint density at radius 2 is 1.18 bits per heavy atom. The molecule has 2 atom stereocenters. The van der Waals surface area contributed by atoms with Crippen LogP contribution in [0.5, 0.6) is 0 Å². The van der Waals surface area contributed by atoms with Crippen molar-refractivity contribution in [1.82, 2.24) is 9.80 Å². The molecule has 2 aromatic carbocycles. The normalized spacial score (nSPS) is 21.5. The molecule has 178 valence electrons. The van der Waals surface area contributed by atoms with Crippen molar-refractivity contribution in [2.75, 3.05) is 26.2 Å². The van der Waals surface area contributed by atoms with Gasteiger partial charge in [-0.3, -0.25) is 9.80 Å². The molecule has 2 aromatic rings. The van der Waals surface area contributed by atoms with E-state index in [-0.39, 0.29) is 0 Å². The lowest BCUT2D eigenvalue weighted by Gasteiger charge is -2.25. The molecule has 2 unspecified atom stereocenters. The first-order valence-corrected chi connectivity index (χ1v) is 13.0. The molecule has 1 heterocycles. The van der Waals surface area contributed by atoms with Gasteiger partial charge in [0.25, 0.3) is 0 Å². The Hall–Kier alpha value is -2.68. The summed E-state index contributed by atoms with van der Waals surface area (Å²) in [5.41, 5.74) is 5.98. The molecule has 0 aromatic heterocycles. The standard InChI is InChI=1S/C16H21N.C16H19N/c1-2-17-11-13-5-3-7-15(9-13)16-8-4-6-14(10-16)12-17;1-2-17(13-15-9-5-3-6-10-15)14-16-11-7-4-8-12-16/h3-8,15-16H,2,9-12H2,1H3;3-12H,2,13-14H2,1H3. The van der Waals surface area contributed by atoms with E-state index in [1.54, 1.807) is 11.1 Å². The number of benzene rings is 2. The van der Waals surface area contributed by atoms with Crippen LogP contribution in [-0.4, -0.2) is 36.0 Å². The van der Waals surface area contributed by atoms with E-state index < -0.39 is 0 Å². The summed E-state index contributed by atoms with van der Waals surface area (Å²) in [5.74, 6) is 1.46. The van der Waals surface area contributed by atoms with Crippen molar-refractivity contribution in [3.63, 3.8) is 0 Å². The number of allylic oxidation sites excluding steroid dienone is 6. The van der Waals surface area contributed by atoms with Crippen LogP contribution in [0.1, 0.15) is 37.8 Å². The molecule has 5 rings (SSSR count). The van der Waals surface area contributed by atoms with Gasteiger partial charge in [-0.2, -0.15) is 0 Å². The average Bonchev–Trinajstić information content (AvgIpc) is 2.92. The fraction of sp³-hybridized carbons (Fsp3) is 0.375. The zero-order valence-electron chi connectivity index (χ0n) is 20.9. The molecule has 0 spiro atoms. The maximum absolute atomic E-state index is 2.56. The molecule has 1 aliphatic heterocycles. The molecule has 0 amide bonds. The molecular formula is C32H40N2. The van der Waals surface area contributed by atoms with E-state index in [2.05, 4.69) is 121 Å². The van der Waals surface area contributed by atoms with Gasteiger partial charge in [-0.25, -0.2) is 0 Å². The van der Waals surface area contributed by atoms with Gasteiger partial charge in [0.05, 0.1) is 0 Å². The van der Waals surface area contributed by atoms with Crippen LogP contribution < -0.4 is 0 Å². The summed E-state index contributed by atoms with van der Waals surface area (Å²) in [6, 6.07) is 21.3. The zero-order valence-corrected chi connectivity index (χ0v) is 20.9. The summed E-state index contributed by atoms with van der Waals surface area (Å²) >= 11 is 0. The third-order valence-corrected chi connectivity index (χ3v) is 7.17. The minimum Gasteiger partial charge on any atom is -0.296 e. The fourth-order valence-corrected chi connectivity index (χ4v) is 5.19. The zero-order chi connectivity index (χ0) is 23.6. The second-order valence-corrected chi connectivity index (χ2v) is 9.73. The van der Waals surface area contributed by atoms with Gasteiger partial charge in [0.2, 0.25) is 0 Å². The maximum atomic E-state index is 2.56. The predicted molar refractivity (Wildman–Crippen MR) is 145 cm³/mol. The number of rotatable bonds is 6. The van der Waals surface area contributed by atoms with E-state index in [1.165, 1.54) is 24.0 Å². The second kappa shape index (κ2) is 12.7. The van der Waals surface area contributed by atoms with Gasteiger partial charge in [-0.1, -0.05) is 122 Å². The molecule has 2 aliphatic carbocycles. The first-order chi connectivity index (χ1) is 16.7. The van der Waals surface area contributed by atoms with E-state index in [0.29, 0.717) is 0 Å². The van der Waals surface area contributed by atoms with E-state index in [0.717, 1.165) is 51.1 Å². The van der Waals surface area contributed by atoms with E-state index >= 15 is 0 Å². The topological polar surface area (TPSA) is 6.48 Å². The Balaban J connectivity index is 0.000000161. The first kappa shape index (κ1) is 24.4. The first-order valence-electron chi connectivity index (χ1n) is 13.0. The summed E-state index contributed by atoms with van der Waals surface area (Å²) in [5, 5.41) is 0. The number of nitrogens with zero attached hydrogens (tertiary/aromatic N) is 2. The largest absolute Gasteiger partial charge is 0.296 e. The fourth-order valence-electron chi connectivity index (χ4n) is 5.19. The van der Waals surface area contributed by atoms with Crippen molar-refractivity contribution in [1.29, 1.82) is 0 Å². The Labute approximate surface area is 207 Å². The number of hydrogen-bond donors (Lipinski definition) is 0. The highest BCUT2D eigenvalue weighted by Gasteiger charge is 2.25. The molecule has 0 saturated carbocycles. The van der Waals surface area contributed by atoms with Gasteiger partial charge in [0, 0.05) is 26.2 Å². The van der Waals surface area contributed by atoms with E-state index in [9.17, 15) is 0 Å². The van der Waals surface area contributed by atoms with Crippen molar-refractivity contribution < 1.29 is 0 Å². The van der Waals surface area contributed by atoms with Crippen LogP contribution in [0.15, 0.2) is 108 Å². The Bertz CT molecular complexity index is 920. The summed E-state index contributed by atoms with van der Waals surface area (Å²) < 4.78 is 0. The lowest BCUT2D eigenvalue weighted by molar-refractivity contribution is 0.271. The molecule has 4 bridgehead atoms. The van der Waals surface area contributed by atoms with Crippen molar-refractivity contribution in [2.45, 2.75) is 39.8 Å². The van der Waals surface area contributed by atoms with Crippen molar-refractivity contribution in [3.05, 3.63) is 119 Å². The minimum absolute atomic E-state index is 0.728. The van der Waals surface area contributed by atoms with Crippen LogP contribution in [0.25, 0.3) is 0 Å². The van der Waals surface area contributed by atoms with Crippen molar-refractivity contribution in [3.8, 4) is 0 Å². The molecule has 34 heavy (non-hydrogen) atoms. The van der Waals surface area contributed by atoms with Crippen LogP contribution in [0.4, 0.5) is 0 Å². The van der Waals surface area contributed by atoms with E-state index in [4.69, 9.17) is 0 Å². The van der Waals surface area contributed by atoms with Crippen LogP contribution in [0.2, 0.25) is 0 Å². The van der Waals surface area contributed by atoms with Crippen LogP contribution >= 0.6 is 0 Å². The predicted octanol–water partition coefficient (Wildman–Crippen LogP) is 7.04. The second-order valence-electron chi connectivity index (χ2n) is 9.73. The summed E-state index contributed by atoms with van der Waals surface area (Å²) in [6.07, 6.45) is 16.5. The minimum atomic E-state index is 0.728. The smallest absolute Gasteiger partial charge is 0.0237 e. The number of likely N-dealkylation sites (N-methyl/N-ethyl adjacent to an activating group) is 1. The Morgan fingerprint density at radius 1 is 0.706 bits per heavy atom. The quantitative estimate of drug-likeness (QED) is 0.464. The van der Waals surface area contributed by atoms with Crippen LogP contribution in [-0.2, 0) is 13.1 Å². The average molecular weight is 453 g/mol. The number of hydrogen-bond acceptors (Lipinski definition) is 2. The maximum Gasteiger partial charge on any atom is 0.0237 e. The third kappa shape index (κ3) is 7.16. The monoisotopic (exact) mass is 452 g/mol. The molecule has 2 heteroatoms. The Morgan fingerprint density at radius 3 is 1.59 bits per heavy atom. The molecule has 0 N–H and O–H groups in total. The molecule has 1 fully saturated rings. The molecule has 1 saturated heterocycles. The van der Waals surface area contributed by atoms with Gasteiger partial charge < -0.3 is 0 Å². The van der Waals surface area contributed by atoms with Crippen molar-refractivity contribution in [2.24, 2.45) is 11.8 Å². The van der Waals surface area contributed by atoms with Gasteiger partial charge in [-0.15, -0.1) is 0 Å². The van der Waals surface area contributed by atoms with Gasteiger partial charge in [0.15, 0.2) is 0 Å². The third-order valence-electron chi connectivity index (χ3n) is 7.17. The molecule has 0 radical (unpaired) electrons. The summed E-state index contributed by atoms with van der Waals surface area (Å²) in [6.45, 7) is 11.1. The van der Waals surface area contributed by atoms with Crippen LogP contribution in [0.3, 0.4) is 0 Å². The Kier molecular flexibility index (Phi) is 9.12.